The molecule has 0 amide bonds. The summed E-state index contributed by atoms with van der Waals surface area (Å²) in [7, 11) is 0. The molecule has 1 aromatic heterocycles. The minimum atomic E-state index is 0. The molecule has 1 aliphatic heterocycles. The predicted molar refractivity (Wildman–Crippen MR) is 141 cm³/mol. The number of rotatable bonds is 7. The molecule has 174 valence electrons. The number of halogens is 1. The number of aromatic nitrogens is 1. The Balaban J connectivity index is 0.00000306. The average molecular weight is 560 g/mol. The van der Waals surface area contributed by atoms with Crippen LogP contribution in [0.5, 0.6) is 17.2 Å². The molecule has 0 spiro atoms. The largest absolute Gasteiger partial charge is 0.490 e. The van der Waals surface area contributed by atoms with E-state index in [-0.39, 0.29) is 24.0 Å². The molecule has 0 saturated heterocycles. The third kappa shape index (κ3) is 7.52. The molecule has 8 heteroatoms. The van der Waals surface area contributed by atoms with E-state index in [9.17, 15) is 0 Å². The molecule has 0 unspecified atom stereocenters. The van der Waals surface area contributed by atoms with Gasteiger partial charge in [0.25, 0.3) is 0 Å². The topological polar surface area (TPSA) is 77.0 Å². The molecule has 0 radical (unpaired) electrons. The summed E-state index contributed by atoms with van der Waals surface area (Å²) in [5.74, 6) is 3.02. The minimum Gasteiger partial charge on any atom is -0.490 e. The van der Waals surface area contributed by atoms with Crippen LogP contribution >= 0.6 is 24.0 Å². The normalized spacial score (nSPS) is 12.8. The monoisotopic (exact) mass is 560 g/mol. The van der Waals surface area contributed by atoms with Crippen molar-refractivity contribution in [3.8, 4) is 17.2 Å². The van der Waals surface area contributed by atoms with E-state index in [2.05, 4.69) is 15.6 Å². The van der Waals surface area contributed by atoms with Gasteiger partial charge < -0.3 is 24.8 Å². The zero-order valence-electron chi connectivity index (χ0n) is 18.6. The maximum atomic E-state index is 5.88. The number of hydrogen-bond acceptors (Lipinski definition) is 5. The Hall–Kier alpha value is -3.01. The highest BCUT2D eigenvalue weighted by Crippen LogP contribution is 2.32. The summed E-state index contributed by atoms with van der Waals surface area (Å²) in [5, 5.41) is 6.63. The molecule has 7 nitrogen and oxygen atoms in total. The SMILES string of the molecule is CCNC(=NCc1cccc(OCc2ccccn2)c1)Nc1ccc2c(c1)OCCCO2.I. The third-order valence-corrected chi connectivity index (χ3v) is 4.79. The lowest BCUT2D eigenvalue weighted by molar-refractivity contribution is 0.297. The molecule has 0 saturated carbocycles. The summed E-state index contributed by atoms with van der Waals surface area (Å²) in [5.41, 5.74) is 2.84. The highest BCUT2D eigenvalue weighted by molar-refractivity contribution is 14.0. The number of benzene rings is 2. The van der Waals surface area contributed by atoms with Crippen LogP contribution in [0, 0.1) is 0 Å². The zero-order chi connectivity index (χ0) is 22.0. The summed E-state index contributed by atoms with van der Waals surface area (Å²) in [4.78, 5) is 9.01. The van der Waals surface area contributed by atoms with E-state index in [1.54, 1.807) is 6.20 Å². The predicted octanol–water partition coefficient (Wildman–Crippen LogP) is 5.02. The third-order valence-electron chi connectivity index (χ3n) is 4.79. The van der Waals surface area contributed by atoms with Crippen molar-refractivity contribution in [2.24, 2.45) is 4.99 Å². The van der Waals surface area contributed by atoms with Crippen LogP contribution in [-0.4, -0.2) is 30.7 Å². The van der Waals surface area contributed by atoms with E-state index in [0.29, 0.717) is 32.3 Å². The Morgan fingerprint density at radius 1 is 1.03 bits per heavy atom. The molecule has 0 bridgehead atoms. The fourth-order valence-corrected chi connectivity index (χ4v) is 3.23. The van der Waals surface area contributed by atoms with Crippen LogP contribution < -0.4 is 24.8 Å². The minimum absolute atomic E-state index is 0. The summed E-state index contributed by atoms with van der Waals surface area (Å²) >= 11 is 0. The molecule has 0 atom stereocenters. The van der Waals surface area contributed by atoms with E-state index < -0.39 is 0 Å². The van der Waals surface area contributed by atoms with Gasteiger partial charge in [-0.2, -0.15) is 0 Å². The van der Waals surface area contributed by atoms with E-state index in [4.69, 9.17) is 19.2 Å². The highest BCUT2D eigenvalue weighted by Gasteiger charge is 2.11. The smallest absolute Gasteiger partial charge is 0.196 e. The van der Waals surface area contributed by atoms with E-state index >= 15 is 0 Å². The summed E-state index contributed by atoms with van der Waals surface area (Å²) in [6.45, 7) is 5.07. The van der Waals surface area contributed by atoms with Gasteiger partial charge in [0.2, 0.25) is 0 Å². The van der Waals surface area contributed by atoms with Gasteiger partial charge in [0.15, 0.2) is 17.5 Å². The lowest BCUT2D eigenvalue weighted by atomic mass is 10.2. The van der Waals surface area contributed by atoms with Gasteiger partial charge in [-0.25, -0.2) is 4.99 Å². The number of pyridine rings is 1. The second kappa shape index (κ2) is 12.9. The van der Waals surface area contributed by atoms with Crippen molar-refractivity contribution in [2.75, 3.05) is 25.1 Å². The molecule has 3 aromatic rings. The van der Waals surface area contributed by atoms with Crippen molar-refractivity contribution < 1.29 is 14.2 Å². The first-order chi connectivity index (χ1) is 15.8. The molecule has 2 aromatic carbocycles. The van der Waals surface area contributed by atoms with Crippen molar-refractivity contribution in [1.82, 2.24) is 10.3 Å². The Kier molecular flexibility index (Phi) is 9.61. The number of nitrogens with one attached hydrogen (secondary N) is 2. The number of anilines is 1. The number of nitrogens with zero attached hydrogens (tertiary/aromatic N) is 2. The first kappa shape index (κ1) is 24.6. The van der Waals surface area contributed by atoms with Crippen LogP contribution in [-0.2, 0) is 13.2 Å². The van der Waals surface area contributed by atoms with E-state index in [1.807, 2.05) is 67.6 Å². The Labute approximate surface area is 211 Å². The van der Waals surface area contributed by atoms with Crippen LogP contribution in [0.15, 0.2) is 71.9 Å². The molecule has 0 fully saturated rings. The maximum absolute atomic E-state index is 5.88. The van der Waals surface area contributed by atoms with Gasteiger partial charge >= 0.3 is 0 Å². The average Bonchev–Trinajstić information content (AvgIpc) is 3.07. The van der Waals surface area contributed by atoms with Gasteiger partial charge in [0.1, 0.15) is 12.4 Å². The van der Waals surface area contributed by atoms with Gasteiger partial charge in [-0.05, 0) is 48.9 Å². The van der Waals surface area contributed by atoms with E-state index in [1.165, 1.54) is 0 Å². The van der Waals surface area contributed by atoms with Crippen molar-refractivity contribution in [3.63, 3.8) is 0 Å². The molecule has 1 aliphatic rings. The maximum Gasteiger partial charge on any atom is 0.196 e. The zero-order valence-corrected chi connectivity index (χ0v) is 21.0. The van der Waals surface area contributed by atoms with Gasteiger partial charge in [0.05, 0.1) is 25.5 Å². The first-order valence-electron chi connectivity index (χ1n) is 10.9. The number of hydrogen-bond donors (Lipinski definition) is 2. The van der Waals surface area contributed by atoms with Gasteiger partial charge in [-0.3, -0.25) is 4.98 Å². The quantitative estimate of drug-likeness (QED) is 0.240. The molecule has 2 N–H and O–H groups in total. The molecule has 2 heterocycles. The molecular formula is C25H29IN4O3. The summed E-state index contributed by atoms with van der Waals surface area (Å²) < 4.78 is 17.4. The molecule has 4 rings (SSSR count). The lowest BCUT2D eigenvalue weighted by Gasteiger charge is -2.14. The van der Waals surface area contributed by atoms with Crippen LogP contribution in [0.4, 0.5) is 5.69 Å². The van der Waals surface area contributed by atoms with Crippen molar-refractivity contribution >= 4 is 35.6 Å². The molecule has 0 aliphatic carbocycles. The number of aliphatic imine (C=N–C) groups is 1. The molecular weight excluding hydrogens is 531 g/mol. The molecule has 33 heavy (non-hydrogen) atoms. The van der Waals surface area contributed by atoms with Crippen LogP contribution in [0.3, 0.4) is 0 Å². The Morgan fingerprint density at radius 3 is 2.73 bits per heavy atom. The number of guanidine groups is 1. The van der Waals surface area contributed by atoms with Crippen molar-refractivity contribution in [2.45, 2.75) is 26.5 Å². The van der Waals surface area contributed by atoms with Crippen molar-refractivity contribution in [3.05, 3.63) is 78.1 Å². The van der Waals surface area contributed by atoms with Crippen LogP contribution in [0.2, 0.25) is 0 Å². The summed E-state index contributed by atoms with van der Waals surface area (Å²) in [6.07, 6.45) is 2.65. The van der Waals surface area contributed by atoms with Crippen LogP contribution in [0.25, 0.3) is 0 Å². The van der Waals surface area contributed by atoms with Gasteiger partial charge in [-0.1, -0.05) is 18.2 Å². The highest BCUT2D eigenvalue weighted by atomic mass is 127. The lowest BCUT2D eigenvalue weighted by Crippen LogP contribution is -2.30. The second-order valence-corrected chi connectivity index (χ2v) is 7.29. The van der Waals surface area contributed by atoms with E-state index in [0.717, 1.165) is 47.2 Å². The number of fused-ring (bicyclic) bond motifs is 1. The number of ether oxygens (including phenoxy) is 3. The summed E-state index contributed by atoms with van der Waals surface area (Å²) in [6, 6.07) is 19.6. The second-order valence-electron chi connectivity index (χ2n) is 7.29. The standard InChI is InChI=1S/C25H28N4O3.HI/c1-2-26-25(29-20-10-11-23-24(16-20)31-14-6-13-30-23)28-17-19-7-5-9-22(15-19)32-18-21-8-3-4-12-27-21;/h3-5,7-12,15-16H,2,6,13-14,17-18H2,1H3,(H2,26,28,29);1H. The fourth-order valence-electron chi connectivity index (χ4n) is 3.23. The van der Waals surface area contributed by atoms with Crippen molar-refractivity contribution in [1.29, 1.82) is 0 Å². The van der Waals surface area contributed by atoms with Gasteiger partial charge in [0, 0.05) is 30.9 Å². The van der Waals surface area contributed by atoms with Gasteiger partial charge in [-0.15, -0.1) is 24.0 Å². The van der Waals surface area contributed by atoms with Crippen LogP contribution in [0.1, 0.15) is 24.6 Å². The fraction of sp³-hybridized carbons (Fsp3) is 0.280. The Morgan fingerprint density at radius 2 is 1.91 bits per heavy atom. The Bertz CT molecular complexity index is 1050. The first-order valence-corrected chi connectivity index (χ1v) is 10.9.